The molecule has 3 aromatic heterocycles. The van der Waals surface area contributed by atoms with Crippen LogP contribution in [0.1, 0.15) is 50.0 Å². The van der Waals surface area contributed by atoms with E-state index in [1.165, 1.54) is 10.6 Å². The van der Waals surface area contributed by atoms with Crippen LogP contribution in [0.2, 0.25) is 0 Å². The average molecular weight is 415 g/mol. The van der Waals surface area contributed by atoms with Crippen LogP contribution in [0, 0.1) is 0 Å². The lowest BCUT2D eigenvalue weighted by atomic mass is 9.95. The van der Waals surface area contributed by atoms with Crippen LogP contribution >= 0.6 is 0 Å². The topological polar surface area (TPSA) is 85.9 Å². The Morgan fingerprint density at radius 1 is 1.21 bits per heavy atom. The van der Waals surface area contributed by atoms with E-state index in [9.17, 15) is 8.42 Å². The van der Waals surface area contributed by atoms with Crippen LogP contribution < -0.4 is 0 Å². The summed E-state index contributed by atoms with van der Waals surface area (Å²) in [5.74, 6) is 2.10. The quantitative estimate of drug-likeness (QED) is 0.641. The fourth-order valence-corrected chi connectivity index (χ4v) is 5.28. The zero-order valence-corrected chi connectivity index (χ0v) is 17.7. The van der Waals surface area contributed by atoms with Gasteiger partial charge in [0.15, 0.2) is 5.03 Å². The molecule has 0 amide bonds. The lowest BCUT2D eigenvalue weighted by Crippen LogP contribution is -2.39. The first-order chi connectivity index (χ1) is 13.9. The van der Waals surface area contributed by atoms with Gasteiger partial charge in [0.2, 0.25) is 0 Å². The maximum atomic E-state index is 13.0. The van der Waals surface area contributed by atoms with E-state index in [1.54, 1.807) is 24.0 Å². The second-order valence-electron chi connectivity index (χ2n) is 7.81. The highest BCUT2D eigenvalue weighted by molar-refractivity contribution is 7.89. The van der Waals surface area contributed by atoms with Crippen molar-refractivity contribution in [3.63, 3.8) is 0 Å². The second kappa shape index (κ2) is 7.72. The standard InChI is InChI=1S/C20H26N6O2S/c1-15(2)20-21-9-11-26(20)18-8-4-7-17(23-18)16-6-5-10-25(12-16)29(27,28)19-13-24(3)14-22-19/h4,7-9,11,13-16H,5-6,10,12H2,1-3H3/t16-/m1/s1. The van der Waals surface area contributed by atoms with E-state index in [1.807, 2.05) is 29.0 Å². The molecule has 0 unspecified atom stereocenters. The Hall–Kier alpha value is -2.52. The van der Waals surface area contributed by atoms with Crippen LogP contribution in [0.25, 0.3) is 5.82 Å². The molecule has 0 saturated carbocycles. The maximum absolute atomic E-state index is 13.0. The Morgan fingerprint density at radius 2 is 2.03 bits per heavy atom. The number of hydrogen-bond donors (Lipinski definition) is 0. The van der Waals surface area contributed by atoms with Crippen LogP contribution in [0.15, 0.2) is 48.1 Å². The molecule has 0 radical (unpaired) electrons. The van der Waals surface area contributed by atoms with E-state index in [0.29, 0.717) is 13.1 Å². The van der Waals surface area contributed by atoms with Crippen molar-refractivity contribution in [1.82, 2.24) is 28.4 Å². The molecule has 1 atom stereocenters. The largest absolute Gasteiger partial charge is 0.339 e. The predicted octanol–water partition coefficient (Wildman–Crippen LogP) is 2.69. The van der Waals surface area contributed by atoms with Gasteiger partial charge in [0.25, 0.3) is 10.0 Å². The SMILES string of the molecule is CC(C)c1nccn1-c1cccc([C@@H]2CCCN(S(=O)(=O)c3cn(C)cn3)C2)n1. The molecular weight excluding hydrogens is 388 g/mol. The van der Waals surface area contributed by atoms with Gasteiger partial charge in [-0.15, -0.1) is 0 Å². The molecule has 0 aromatic carbocycles. The first-order valence-corrected chi connectivity index (χ1v) is 11.3. The first kappa shape index (κ1) is 19.8. The molecule has 0 bridgehead atoms. The maximum Gasteiger partial charge on any atom is 0.262 e. The van der Waals surface area contributed by atoms with Crippen LogP contribution in [0.5, 0.6) is 0 Å². The molecule has 4 rings (SSSR count). The number of aryl methyl sites for hydroxylation is 1. The molecule has 154 valence electrons. The normalized spacial score (nSPS) is 18.4. The molecule has 0 aliphatic carbocycles. The minimum absolute atomic E-state index is 0.0493. The third kappa shape index (κ3) is 3.84. The predicted molar refractivity (Wildman–Crippen MR) is 109 cm³/mol. The zero-order valence-electron chi connectivity index (χ0n) is 16.9. The highest BCUT2D eigenvalue weighted by Gasteiger charge is 2.32. The lowest BCUT2D eigenvalue weighted by Gasteiger charge is -2.31. The molecular formula is C20H26N6O2S. The summed E-state index contributed by atoms with van der Waals surface area (Å²) in [5, 5.41) is 0.0994. The van der Waals surface area contributed by atoms with Crippen LogP contribution in [-0.2, 0) is 17.1 Å². The van der Waals surface area contributed by atoms with Crippen molar-refractivity contribution >= 4 is 10.0 Å². The molecule has 1 fully saturated rings. The highest BCUT2D eigenvalue weighted by atomic mass is 32.2. The molecule has 4 heterocycles. The van der Waals surface area contributed by atoms with Crippen LogP contribution in [0.3, 0.4) is 0 Å². The molecule has 3 aromatic rings. The second-order valence-corrected chi connectivity index (χ2v) is 9.70. The molecule has 1 saturated heterocycles. The van der Waals surface area contributed by atoms with Crippen molar-refractivity contribution in [1.29, 1.82) is 0 Å². The number of aromatic nitrogens is 5. The van der Waals surface area contributed by atoms with Crippen molar-refractivity contribution in [2.75, 3.05) is 13.1 Å². The van der Waals surface area contributed by atoms with E-state index < -0.39 is 10.0 Å². The molecule has 0 N–H and O–H groups in total. The first-order valence-electron chi connectivity index (χ1n) is 9.85. The molecule has 1 aliphatic rings. The molecule has 8 nitrogen and oxygen atoms in total. The summed E-state index contributed by atoms with van der Waals surface area (Å²) < 4.78 is 31.1. The number of rotatable bonds is 5. The summed E-state index contributed by atoms with van der Waals surface area (Å²) in [4.78, 5) is 13.3. The number of imidazole rings is 2. The van der Waals surface area contributed by atoms with E-state index in [2.05, 4.69) is 23.8 Å². The third-order valence-electron chi connectivity index (χ3n) is 5.28. The summed E-state index contributed by atoms with van der Waals surface area (Å²) >= 11 is 0. The fraction of sp³-hybridized carbons (Fsp3) is 0.450. The summed E-state index contributed by atoms with van der Waals surface area (Å²) in [5.41, 5.74) is 0.909. The van der Waals surface area contributed by atoms with Gasteiger partial charge in [0, 0.05) is 56.3 Å². The van der Waals surface area contributed by atoms with E-state index in [0.717, 1.165) is 30.2 Å². The van der Waals surface area contributed by atoms with Gasteiger partial charge in [0.1, 0.15) is 11.6 Å². The number of piperidine rings is 1. The third-order valence-corrected chi connectivity index (χ3v) is 7.03. The molecule has 29 heavy (non-hydrogen) atoms. The molecule has 9 heteroatoms. The smallest absolute Gasteiger partial charge is 0.262 e. The van der Waals surface area contributed by atoms with Crippen LogP contribution in [0.4, 0.5) is 0 Å². The summed E-state index contributed by atoms with van der Waals surface area (Å²) in [6, 6.07) is 5.92. The van der Waals surface area contributed by atoms with Gasteiger partial charge in [-0.05, 0) is 25.0 Å². The molecule has 0 spiro atoms. The van der Waals surface area contributed by atoms with E-state index >= 15 is 0 Å². The van der Waals surface area contributed by atoms with E-state index in [4.69, 9.17) is 4.98 Å². The van der Waals surface area contributed by atoms with Crippen molar-refractivity contribution < 1.29 is 8.42 Å². The highest BCUT2D eigenvalue weighted by Crippen LogP contribution is 2.29. The summed E-state index contributed by atoms with van der Waals surface area (Å²) in [7, 11) is -1.83. The van der Waals surface area contributed by atoms with Gasteiger partial charge in [0.05, 0.1) is 6.33 Å². The van der Waals surface area contributed by atoms with Crippen LogP contribution in [-0.4, -0.2) is 49.9 Å². The van der Waals surface area contributed by atoms with Crippen molar-refractivity contribution in [3.05, 3.63) is 54.6 Å². The molecule has 1 aliphatic heterocycles. The summed E-state index contributed by atoms with van der Waals surface area (Å²) in [6.07, 6.45) is 8.46. The Labute approximate surface area is 171 Å². The fourth-order valence-electron chi connectivity index (χ4n) is 3.79. The van der Waals surface area contributed by atoms with Gasteiger partial charge >= 0.3 is 0 Å². The van der Waals surface area contributed by atoms with Gasteiger partial charge in [-0.3, -0.25) is 4.57 Å². The monoisotopic (exact) mass is 414 g/mol. The Kier molecular flexibility index (Phi) is 5.26. The van der Waals surface area contributed by atoms with Crippen molar-refractivity contribution in [2.24, 2.45) is 7.05 Å². The summed E-state index contributed by atoms with van der Waals surface area (Å²) in [6.45, 7) is 5.12. The van der Waals surface area contributed by atoms with Crippen molar-refractivity contribution in [3.8, 4) is 5.82 Å². The minimum atomic E-state index is -3.60. The lowest BCUT2D eigenvalue weighted by molar-refractivity contribution is 0.312. The Balaban J connectivity index is 1.60. The van der Waals surface area contributed by atoms with Gasteiger partial charge < -0.3 is 4.57 Å². The Morgan fingerprint density at radius 3 is 2.76 bits per heavy atom. The number of nitrogens with zero attached hydrogens (tertiary/aromatic N) is 6. The van der Waals surface area contributed by atoms with Gasteiger partial charge in [-0.25, -0.2) is 23.4 Å². The number of pyridine rings is 1. The number of sulfonamides is 1. The van der Waals surface area contributed by atoms with Gasteiger partial charge in [-0.1, -0.05) is 19.9 Å². The zero-order chi connectivity index (χ0) is 20.6. The van der Waals surface area contributed by atoms with E-state index in [-0.39, 0.29) is 16.9 Å². The number of hydrogen-bond acceptors (Lipinski definition) is 5. The average Bonchev–Trinajstić information content (AvgIpc) is 3.38. The van der Waals surface area contributed by atoms with Crippen molar-refractivity contribution in [2.45, 2.75) is 43.6 Å². The van der Waals surface area contributed by atoms with Gasteiger partial charge in [-0.2, -0.15) is 4.31 Å². The minimum Gasteiger partial charge on any atom is -0.339 e. The Bertz CT molecular complexity index is 1100.